The fraction of sp³-hybridized carbons (Fsp3) is 0.533. The van der Waals surface area contributed by atoms with E-state index in [9.17, 15) is 4.79 Å². The number of ether oxygens (including phenoxy) is 1. The van der Waals surface area contributed by atoms with Crippen molar-refractivity contribution in [3.8, 4) is 0 Å². The number of hydrogen-bond acceptors (Lipinski definition) is 3. The second kappa shape index (κ2) is 6.01. The zero-order chi connectivity index (χ0) is 13.0. The van der Waals surface area contributed by atoms with Crippen molar-refractivity contribution in [2.45, 2.75) is 25.7 Å². The Labute approximate surface area is 109 Å². The number of esters is 1. The molecule has 0 bridgehead atoms. The van der Waals surface area contributed by atoms with Crippen LogP contribution < -0.4 is 0 Å². The number of likely N-dealkylation sites (N-methyl/N-ethyl adjacent to an activating group) is 1. The summed E-state index contributed by atoms with van der Waals surface area (Å²) in [6.07, 6.45) is 2.43. The van der Waals surface area contributed by atoms with Gasteiger partial charge in [-0.15, -0.1) is 0 Å². The van der Waals surface area contributed by atoms with Gasteiger partial charge in [-0.3, -0.25) is 0 Å². The molecule has 98 valence electrons. The predicted octanol–water partition coefficient (Wildman–Crippen LogP) is 2.67. The van der Waals surface area contributed by atoms with Gasteiger partial charge in [-0.2, -0.15) is 0 Å². The number of hydrogen-bond donors (Lipinski definition) is 0. The van der Waals surface area contributed by atoms with Gasteiger partial charge < -0.3 is 9.64 Å². The number of rotatable bonds is 3. The Kier molecular flexibility index (Phi) is 4.37. The summed E-state index contributed by atoms with van der Waals surface area (Å²) in [5.41, 5.74) is 1.93. The molecular formula is C15H21NO2. The number of benzene rings is 1. The number of nitrogens with zero attached hydrogens (tertiary/aromatic N) is 1. The highest BCUT2D eigenvalue weighted by Crippen LogP contribution is 2.26. The molecule has 0 aromatic heterocycles. The molecule has 1 atom stereocenters. The lowest BCUT2D eigenvalue weighted by atomic mass is 9.90. The van der Waals surface area contributed by atoms with E-state index < -0.39 is 0 Å². The first kappa shape index (κ1) is 13.1. The standard InChI is InChI=1S/C15H21NO2/c1-3-18-15(17)13-7-4-6-12(10-13)14-8-5-9-16(2)11-14/h4,6-7,10,14H,3,5,8-9,11H2,1-2H3. The summed E-state index contributed by atoms with van der Waals surface area (Å²) >= 11 is 0. The fourth-order valence-corrected chi connectivity index (χ4v) is 2.57. The van der Waals surface area contributed by atoms with E-state index in [1.54, 1.807) is 0 Å². The van der Waals surface area contributed by atoms with E-state index >= 15 is 0 Å². The average molecular weight is 247 g/mol. The fourth-order valence-electron chi connectivity index (χ4n) is 2.57. The van der Waals surface area contributed by atoms with Crippen molar-refractivity contribution < 1.29 is 9.53 Å². The zero-order valence-electron chi connectivity index (χ0n) is 11.2. The van der Waals surface area contributed by atoms with Crippen LogP contribution >= 0.6 is 0 Å². The highest BCUT2D eigenvalue weighted by molar-refractivity contribution is 5.89. The van der Waals surface area contributed by atoms with Crippen LogP contribution in [-0.2, 0) is 4.74 Å². The highest BCUT2D eigenvalue weighted by Gasteiger charge is 2.19. The van der Waals surface area contributed by atoms with Crippen molar-refractivity contribution in [3.05, 3.63) is 35.4 Å². The van der Waals surface area contributed by atoms with Gasteiger partial charge in [0.25, 0.3) is 0 Å². The molecule has 3 nitrogen and oxygen atoms in total. The van der Waals surface area contributed by atoms with Crippen LogP contribution in [0.15, 0.2) is 24.3 Å². The molecule has 0 aliphatic carbocycles. The molecule has 1 aliphatic heterocycles. The Hall–Kier alpha value is -1.35. The third-order valence-corrected chi connectivity index (χ3v) is 3.49. The maximum absolute atomic E-state index is 11.7. The van der Waals surface area contributed by atoms with Crippen LogP contribution in [0.4, 0.5) is 0 Å². The minimum Gasteiger partial charge on any atom is -0.462 e. The van der Waals surface area contributed by atoms with Crippen molar-refractivity contribution in [2.75, 3.05) is 26.7 Å². The third-order valence-electron chi connectivity index (χ3n) is 3.49. The molecule has 0 radical (unpaired) electrons. The second-order valence-corrected chi connectivity index (χ2v) is 4.95. The Balaban J connectivity index is 2.13. The number of likely N-dealkylation sites (tertiary alicyclic amines) is 1. The molecule has 1 saturated heterocycles. The van der Waals surface area contributed by atoms with E-state index in [1.807, 2.05) is 25.1 Å². The van der Waals surface area contributed by atoms with Gasteiger partial charge >= 0.3 is 5.97 Å². The maximum Gasteiger partial charge on any atom is 0.338 e. The Morgan fingerprint density at radius 3 is 3.06 bits per heavy atom. The lowest BCUT2D eigenvalue weighted by molar-refractivity contribution is 0.0526. The van der Waals surface area contributed by atoms with Crippen molar-refractivity contribution in [2.24, 2.45) is 0 Å². The summed E-state index contributed by atoms with van der Waals surface area (Å²) in [6.45, 7) is 4.51. The molecule has 3 heteroatoms. The van der Waals surface area contributed by atoms with Crippen molar-refractivity contribution in [1.29, 1.82) is 0 Å². The quantitative estimate of drug-likeness (QED) is 0.769. The van der Waals surface area contributed by atoms with E-state index in [4.69, 9.17) is 4.74 Å². The third kappa shape index (κ3) is 3.10. The largest absolute Gasteiger partial charge is 0.462 e. The minimum absolute atomic E-state index is 0.219. The zero-order valence-corrected chi connectivity index (χ0v) is 11.2. The van der Waals surface area contributed by atoms with Crippen LogP contribution in [0.1, 0.15) is 41.6 Å². The monoisotopic (exact) mass is 247 g/mol. The first-order valence-corrected chi connectivity index (χ1v) is 6.66. The van der Waals surface area contributed by atoms with Crippen LogP contribution in [0.2, 0.25) is 0 Å². The molecule has 1 aromatic carbocycles. The summed E-state index contributed by atoms with van der Waals surface area (Å²) in [5.74, 6) is 0.321. The van der Waals surface area contributed by atoms with Gasteiger partial charge in [-0.25, -0.2) is 4.79 Å². The normalized spacial score (nSPS) is 20.7. The van der Waals surface area contributed by atoms with Gasteiger partial charge in [0.2, 0.25) is 0 Å². The molecule has 0 amide bonds. The average Bonchev–Trinajstić information content (AvgIpc) is 2.39. The summed E-state index contributed by atoms with van der Waals surface area (Å²) < 4.78 is 5.04. The Bertz CT molecular complexity index is 417. The lowest BCUT2D eigenvalue weighted by Gasteiger charge is -2.30. The number of carbonyl (C=O) groups excluding carboxylic acids is 1. The van der Waals surface area contributed by atoms with Crippen molar-refractivity contribution in [1.82, 2.24) is 4.90 Å². The summed E-state index contributed by atoms with van der Waals surface area (Å²) in [6, 6.07) is 7.89. The summed E-state index contributed by atoms with van der Waals surface area (Å²) in [7, 11) is 2.15. The van der Waals surface area contributed by atoms with Crippen molar-refractivity contribution in [3.63, 3.8) is 0 Å². The number of piperidine rings is 1. The Morgan fingerprint density at radius 1 is 1.50 bits per heavy atom. The lowest BCUT2D eigenvalue weighted by Crippen LogP contribution is -2.30. The maximum atomic E-state index is 11.7. The minimum atomic E-state index is -0.219. The van der Waals surface area contributed by atoms with E-state index in [0.29, 0.717) is 18.1 Å². The van der Waals surface area contributed by atoms with Crippen LogP contribution in [0.25, 0.3) is 0 Å². The molecule has 0 saturated carbocycles. The van der Waals surface area contributed by atoms with Gasteiger partial charge in [0.1, 0.15) is 0 Å². The molecule has 0 N–H and O–H groups in total. The second-order valence-electron chi connectivity index (χ2n) is 4.95. The molecule has 1 unspecified atom stereocenters. The van der Waals surface area contributed by atoms with E-state index in [2.05, 4.69) is 18.0 Å². The Morgan fingerprint density at radius 2 is 2.33 bits per heavy atom. The molecule has 18 heavy (non-hydrogen) atoms. The molecule has 1 aliphatic rings. The van der Waals surface area contributed by atoms with Gasteiger partial charge in [0.15, 0.2) is 0 Å². The topological polar surface area (TPSA) is 29.5 Å². The smallest absolute Gasteiger partial charge is 0.338 e. The highest BCUT2D eigenvalue weighted by atomic mass is 16.5. The van der Waals surface area contributed by atoms with Gasteiger partial charge in [-0.1, -0.05) is 12.1 Å². The molecular weight excluding hydrogens is 226 g/mol. The van der Waals surface area contributed by atoms with Crippen molar-refractivity contribution >= 4 is 5.97 Å². The van der Waals surface area contributed by atoms with Crippen LogP contribution in [0.3, 0.4) is 0 Å². The van der Waals surface area contributed by atoms with E-state index in [-0.39, 0.29) is 5.97 Å². The van der Waals surface area contributed by atoms with Gasteiger partial charge in [-0.05, 0) is 57.0 Å². The van der Waals surface area contributed by atoms with E-state index in [1.165, 1.54) is 24.9 Å². The van der Waals surface area contributed by atoms with Gasteiger partial charge in [0, 0.05) is 6.54 Å². The van der Waals surface area contributed by atoms with Gasteiger partial charge in [0.05, 0.1) is 12.2 Å². The SMILES string of the molecule is CCOC(=O)c1cccc(C2CCCN(C)C2)c1. The summed E-state index contributed by atoms with van der Waals surface area (Å²) in [5, 5.41) is 0. The first-order chi connectivity index (χ1) is 8.70. The first-order valence-electron chi connectivity index (χ1n) is 6.66. The molecule has 1 fully saturated rings. The molecule has 1 aromatic rings. The summed E-state index contributed by atoms with van der Waals surface area (Å²) in [4.78, 5) is 14.1. The van der Waals surface area contributed by atoms with Crippen LogP contribution in [-0.4, -0.2) is 37.6 Å². The number of carbonyl (C=O) groups is 1. The van der Waals surface area contributed by atoms with E-state index in [0.717, 1.165) is 6.54 Å². The molecule has 2 rings (SSSR count). The predicted molar refractivity (Wildman–Crippen MR) is 71.9 cm³/mol. The van der Waals surface area contributed by atoms with Crippen LogP contribution in [0.5, 0.6) is 0 Å². The molecule has 0 spiro atoms. The van der Waals surface area contributed by atoms with Crippen LogP contribution in [0, 0.1) is 0 Å². The molecule has 1 heterocycles.